The Labute approximate surface area is 210 Å². The third kappa shape index (κ3) is 3.98. The normalized spacial score (nSPS) is 17.8. The second-order valence-electron chi connectivity index (χ2n) is 9.96. The van der Waals surface area contributed by atoms with E-state index in [-0.39, 0.29) is 10.9 Å². The first kappa shape index (κ1) is 23.7. The molecule has 0 amide bonds. The molecule has 3 aromatic heterocycles. The fourth-order valence-corrected chi connectivity index (χ4v) is 5.15. The zero-order chi connectivity index (χ0) is 25.9. The molecule has 2 aliphatic rings. The highest BCUT2D eigenvalue weighted by Gasteiger charge is 2.42. The average molecular weight is 511 g/mol. The molecular weight excluding hydrogens is 485 g/mol. The number of benzene rings is 1. The summed E-state index contributed by atoms with van der Waals surface area (Å²) in [5.41, 5.74) is 0.656. The third-order valence-corrected chi connectivity index (χ3v) is 7.33. The van der Waals surface area contributed by atoms with Crippen molar-refractivity contribution in [3.63, 3.8) is 0 Å². The topological polar surface area (TPSA) is 69.6 Å². The van der Waals surface area contributed by atoms with Gasteiger partial charge >= 0.3 is 11.9 Å². The number of ether oxygens (including phenoxy) is 1. The number of hydrogen-bond acceptors (Lipinski definition) is 5. The van der Waals surface area contributed by atoms with Crippen molar-refractivity contribution in [2.75, 3.05) is 33.4 Å². The predicted molar refractivity (Wildman–Crippen MR) is 131 cm³/mol. The second-order valence-corrected chi connectivity index (χ2v) is 9.96. The summed E-state index contributed by atoms with van der Waals surface area (Å²) in [4.78, 5) is 15.5. The van der Waals surface area contributed by atoms with E-state index in [0.29, 0.717) is 44.0 Å². The minimum atomic E-state index is -4.61. The number of nitrogens with zero attached hydrogens (tertiary/aromatic N) is 6. The van der Waals surface area contributed by atoms with E-state index in [9.17, 15) is 18.0 Å². The minimum Gasteiger partial charge on any atom is -0.379 e. The number of halogens is 3. The fraction of sp³-hybridized carbons (Fsp3) is 0.346. The summed E-state index contributed by atoms with van der Waals surface area (Å²) < 4.78 is 52.1. The van der Waals surface area contributed by atoms with Crippen LogP contribution < -0.4 is 5.69 Å². The lowest BCUT2D eigenvalue weighted by atomic mass is 9.75. The molecule has 0 N–H and O–H groups in total. The van der Waals surface area contributed by atoms with E-state index in [1.807, 2.05) is 47.8 Å². The number of likely N-dealkylation sites (N-methyl/N-ethyl adjacent to an activating group) is 1. The molecule has 11 heteroatoms. The van der Waals surface area contributed by atoms with Crippen LogP contribution in [0.4, 0.5) is 13.2 Å². The van der Waals surface area contributed by atoms with Gasteiger partial charge in [-0.2, -0.15) is 13.2 Å². The maximum absolute atomic E-state index is 14.1. The van der Waals surface area contributed by atoms with E-state index in [2.05, 4.69) is 10.2 Å². The van der Waals surface area contributed by atoms with E-state index in [1.165, 1.54) is 17.0 Å². The van der Waals surface area contributed by atoms with Gasteiger partial charge in [-0.15, -0.1) is 10.2 Å². The van der Waals surface area contributed by atoms with Crippen molar-refractivity contribution in [3.8, 4) is 5.69 Å². The Kier molecular flexibility index (Phi) is 5.39. The van der Waals surface area contributed by atoms with Crippen molar-refractivity contribution in [1.29, 1.82) is 0 Å². The van der Waals surface area contributed by atoms with Gasteiger partial charge in [-0.25, -0.2) is 4.79 Å². The molecule has 37 heavy (non-hydrogen) atoms. The second kappa shape index (κ2) is 8.42. The Balaban J connectivity index is 1.46. The molecule has 0 unspecified atom stereocenters. The van der Waals surface area contributed by atoms with E-state index >= 15 is 0 Å². The molecule has 0 spiro atoms. The number of fused-ring (bicyclic) bond motifs is 1. The van der Waals surface area contributed by atoms with Crippen LogP contribution in [0.15, 0.2) is 59.9 Å². The lowest BCUT2D eigenvalue weighted by Crippen LogP contribution is -2.49. The van der Waals surface area contributed by atoms with E-state index in [4.69, 9.17) is 4.74 Å². The minimum absolute atomic E-state index is 0.181. The number of hydrogen-bond donors (Lipinski definition) is 0. The molecule has 0 radical (unpaired) electrons. The Morgan fingerprint density at radius 2 is 1.95 bits per heavy atom. The van der Waals surface area contributed by atoms with E-state index in [1.54, 1.807) is 12.4 Å². The van der Waals surface area contributed by atoms with Crippen LogP contribution >= 0.6 is 0 Å². The van der Waals surface area contributed by atoms with Crippen LogP contribution in [0.5, 0.6) is 0 Å². The summed E-state index contributed by atoms with van der Waals surface area (Å²) in [6.07, 6.45) is 2.28. The van der Waals surface area contributed by atoms with Crippen molar-refractivity contribution in [1.82, 2.24) is 28.6 Å². The van der Waals surface area contributed by atoms with Crippen LogP contribution in [0.1, 0.15) is 22.5 Å². The Morgan fingerprint density at radius 3 is 2.57 bits per heavy atom. The first-order valence-electron chi connectivity index (χ1n) is 11.9. The SMILES string of the molecule is CN1CC=C(c2cc(C(F)(F)F)c3cn(-c4cccc(C5(Cc6nncn6C)COC5)c4)c(=O)n3c2)C1. The van der Waals surface area contributed by atoms with Crippen LogP contribution in [-0.4, -0.2) is 62.0 Å². The molecule has 1 saturated heterocycles. The molecule has 1 fully saturated rings. The number of alkyl halides is 3. The largest absolute Gasteiger partial charge is 0.418 e. The highest BCUT2D eigenvalue weighted by atomic mass is 19.4. The number of pyridine rings is 1. The standard InChI is InChI=1S/C26H25F3N6O2/c1-32-7-6-17(11-32)18-8-21(26(27,28)29)22-13-34(24(36)35(22)12-18)20-5-3-4-19(9-20)25(14-37-15-25)10-23-31-30-16-33(23)2/h3-6,8-9,12-13,16H,7,10-11,14-15H2,1-2H3. The Hall–Kier alpha value is -3.70. The van der Waals surface area contributed by atoms with Crippen LogP contribution in [0, 0.1) is 0 Å². The molecule has 2 aliphatic heterocycles. The van der Waals surface area contributed by atoms with Gasteiger partial charge in [0, 0.05) is 44.4 Å². The lowest BCUT2D eigenvalue weighted by Gasteiger charge is -2.41. The molecule has 4 aromatic rings. The lowest BCUT2D eigenvalue weighted by molar-refractivity contribution is -0.136. The van der Waals surface area contributed by atoms with Crippen LogP contribution in [-0.2, 0) is 29.8 Å². The molecule has 5 heterocycles. The summed E-state index contributed by atoms with van der Waals surface area (Å²) in [7, 11) is 3.77. The molecule has 6 rings (SSSR count). The van der Waals surface area contributed by atoms with Gasteiger partial charge in [0.2, 0.25) is 0 Å². The van der Waals surface area contributed by atoms with Gasteiger partial charge in [0.1, 0.15) is 12.2 Å². The molecule has 0 aliphatic carbocycles. The summed E-state index contributed by atoms with van der Waals surface area (Å²) in [6, 6.07) is 8.48. The van der Waals surface area contributed by atoms with Gasteiger partial charge in [0.15, 0.2) is 0 Å². The maximum Gasteiger partial charge on any atom is 0.418 e. The van der Waals surface area contributed by atoms with Gasteiger partial charge in [-0.1, -0.05) is 18.2 Å². The summed E-state index contributed by atoms with van der Waals surface area (Å²) >= 11 is 0. The van der Waals surface area contributed by atoms with Crippen LogP contribution in [0.2, 0.25) is 0 Å². The monoisotopic (exact) mass is 510 g/mol. The highest BCUT2D eigenvalue weighted by Crippen LogP contribution is 2.37. The molecule has 1 aromatic carbocycles. The average Bonchev–Trinajstić information content (AvgIpc) is 3.54. The van der Waals surface area contributed by atoms with Gasteiger partial charge in [-0.05, 0) is 41.9 Å². The number of imidazole rings is 1. The van der Waals surface area contributed by atoms with E-state index < -0.39 is 17.4 Å². The molecule has 0 bridgehead atoms. The molecule has 0 atom stereocenters. The summed E-state index contributed by atoms with van der Waals surface area (Å²) in [5.74, 6) is 0.801. The van der Waals surface area contributed by atoms with Crippen molar-refractivity contribution < 1.29 is 17.9 Å². The molecular formula is C26H25F3N6O2. The zero-order valence-corrected chi connectivity index (χ0v) is 20.4. The molecule has 192 valence electrons. The first-order valence-corrected chi connectivity index (χ1v) is 11.9. The van der Waals surface area contributed by atoms with Crippen molar-refractivity contribution in [2.45, 2.75) is 18.0 Å². The van der Waals surface area contributed by atoms with Gasteiger partial charge in [0.25, 0.3) is 0 Å². The van der Waals surface area contributed by atoms with Crippen molar-refractivity contribution in [3.05, 3.63) is 88.1 Å². The number of aryl methyl sites for hydroxylation is 1. The van der Waals surface area contributed by atoms with Crippen molar-refractivity contribution in [2.24, 2.45) is 7.05 Å². The smallest absolute Gasteiger partial charge is 0.379 e. The third-order valence-electron chi connectivity index (χ3n) is 7.33. The van der Waals surface area contributed by atoms with Crippen molar-refractivity contribution >= 4 is 11.1 Å². The van der Waals surface area contributed by atoms with E-state index in [0.717, 1.165) is 27.4 Å². The maximum atomic E-state index is 14.1. The first-order chi connectivity index (χ1) is 17.6. The highest BCUT2D eigenvalue weighted by molar-refractivity contribution is 5.72. The quantitative estimate of drug-likeness (QED) is 0.413. The van der Waals surface area contributed by atoms with Gasteiger partial charge in [-0.3, -0.25) is 13.9 Å². The predicted octanol–water partition coefficient (Wildman–Crippen LogP) is 3.08. The van der Waals surface area contributed by atoms with Gasteiger partial charge < -0.3 is 9.30 Å². The fourth-order valence-electron chi connectivity index (χ4n) is 5.15. The Bertz CT molecular complexity index is 1590. The summed E-state index contributed by atoms with van der Waals surface area (Å²) in [5, 5.41) is 8.15. The Morgan fingerprint density at radius 1 is 1.14 bits per heavy atom. The van der Waals surface area contributed by atoms with Crippen LogP contribution in [0.25, 0.3) is 16.8 Å². The van der Waals surface area contributed by atoms with Crippen LogP contribution in [0.3, 0.4) is 0 Å². The van der Waals surface area contributed by atoms with Gasteiger partial charge in [0.05, 0.1) is 30.0 Å². The molecule has 8 nitrogen and oxygen atoms in total. The number of rotatable bonds is 5. The number of aromatic nitrogens is 5. The zero-order valence-electron chi connectivity index (χ0n) is 20.4. The molecule has 0 saturated carbocycles. The summed E-state index contributed by atoms with van der Waals surface area (Å²) in [6.45, 7) is 2.12.